The lowest BCUT2D eigenvalue weighted by Gasteiger charge is -2.37. The largest absolute Gasteiger partial charge is 0.505 e. The summed E-state index contributed by atoms with van der Waals surface area (Å²) in [5.41, 5.74) is 8.35. The summed E-state index contributed by atoms with van der Waals surface area (Å²) in [6, 6.07) is 6.77. The molecule has 61 heavy (non-hydrogen) atoms. The number of hydrogen-bond acceptors (Lipinski definition) is 10. The number of anilines is 1. The van der Waals surface area contributed by atoms with Gasteiger partial charge in [-0.05, 0) is 97.8 Å². The van der Waals surface area contributed by atoms with Crippen molar-refractivity contribution in [2.24, 2.45) is 29.6 Å². The van der Waals surface area contributed by atoms with Gasteiger partial charge in [0.05, 0.1) is 17.2 Å². The van der Waals surface area contributed by atoms with Crippen LogP contribution in [0.3, 0.4) is 0 Å². The maximum atomic E-state index is 14.3. The molecular weight excluding hydrogens is 773 g/mol. The van der Waals surface area contributed by atoms with Crippen molar-refractivity contribution in [2.45, 2.75) is 78.9 Å². The molecule has 0 saturated carbocycles. The summed E-state index contributed by atoms with van der Waals surface area (Å²) in [5.74, 6) is 3.46. The second kappa shape index (κ2) is 18.4. The van der Waals surface area contributed by atoms with Gasteiger partial charge in [0, 0.05) is 67.0 Å². The number of methoxy groups -OCH3 is 1. The van der Waals surface area contributed by atoms with Crippen molar-refractivity contribution in [3.8, 4) is 17.6 Å². The number of phenolic OH excluding ortho intramolecular Hbond substituents is 1. The van der Waals surface area contributed by atoms with Crippen LogP contribution in [0.25, 0.3) is 28.5 Å². The van der Waals surface area contributed by atoms with Crippen molar-refractivity contribution in [3.05, 3.63) is 100 Å². The summed E-state index contributed by atoms with van der Waals surface area (Å²) in [4.78, 5) is 62.8. The summed E-state index contributed by atoms with van der Waals surface area (Å²) >= 11 is 0. The number of amides is 2. The molecule has 0 saturated heterocycles. The Bertz CT molecular complexity index is 2670. The number of allylic oxidation sites excluding steroid dienone is 4. The van der Waals surface area contributed by atoms with E-state index < -0.39 is 35.6 Å². The number of hydrazine groups is 1. The highest BCUT2D eigenvalue weighted by molar-refractivity contribution is 6.18. The molecule has 4 aromatic rings. The zero-order valence-electron chi connectivity index (χ0n) is 35.3. The Morgan fingerprint density at radius 2 is 1.87 bits per heavy atom. The number of phenols is 1. The molecule has 3 aliphatic rings. The van der Waals surface area contributed by atoms with E-state index >= 15 is 0 Å². The second-order valence-corrected chi connectivity index (χ2v) is 16.5. The minimum Gasteiger partial charge on any atom is -0.505 e. The molecule has 7 atom stereocenters. The number of pyridine rings is 2. The van der Waals surface area contributed by atoms with Crippen LogP contribution in [0.4, 0.5) is 5.69 Å². The molecule has 13 heteroatoms. The van der Waals surface area contributed by atoms with Crippen LogP contribution in [0.1, 0.15) is 87.4 Å². The number of esters is 1. The van der Waals surface area contributed by atoms with Crippen LogP contribution >= 0.6 is 0 Å². The number of rotatable bonds is 5. The summed E-state index contributed by atoms with van der Waals surface area (Å²) in [7, 11) is 1.65. The van der Waals surface area contributed by atoms with Crippen LogP contribution in [-0.4, -0.2) is 62.4 Å². The molecule has 4 heterocycles. The number of Topliss-reactive ketones (excluding diaryl/α,β-unsaturated/α-hetero) is 1. The standard InChI is InChI=1S/C48H52N6O7/c1-27-10-9-11-29(3)47(58)52-43-44-42(51-39-24-32(18-21-54(39)44)26-50-53-48(59)33-16-19-49-20-17-33)40-35-12-7-8-13-38(60-6)36(25-34(35)14-15-37(56)41(40)45(43)57)46(61-31(5)55)30(4)23-28(2)22-27/h8-11,13,16-21,24,26-28,30,34,36,38,46,50,57H,7,12,22-23,25H2,1-6H3,(H,52,58)(H,53,59)/b10-9+,13-8+,29-11-,32-26?/t27-,28+,30+,34?,36+,38-,46-/m0/s1. The maximum absolute atomic E-state index is 14.3. The van der Waals surface area contributed by atoms with Crippen molar-refractivity contribution in [2.75, 3.05) is 12.4 Å². The third kappa shape index (κ3) is 9.15. The predicted molar refractivity (Wildman–Crippen MR) is 233 cm³/mol. The predicted octanol–water partition coefficient (Wildman–Crippen LogP) is 5.67. The number of carbonyl (C=O) groups is 4. The van der Waals surface area contributed by atoms with Crippen LogP contribution in [0, 0.1) is 41.4 Å². The third-order valence-electron chi connectivity index (χ3n) is 11.9. The fourth-order valence-corrected chi connectivity index (χ4v) is 9.09. The smallest absolute Gasteiger partial charge is 0.302 e. The Balaban J connectivity index is 1.47. The van der Waals surface area contributed by atoms with Gasteiger partial charge in [-0.15, -0.1) is 0 Å². The lowest BCUT2D eigenvalue weighted by molar-refractivity contribution is -0.156. The van der Waals surface area contributed by atoms with Gasteiger partial charge in [-0.1, -0.05) is 57.1 Å². The molecule has 2 aliphatic carbocycles. The van der Waals surface area contributed by atoms with Crippen molar-refractivity contribution >= 4 is 57.7 Å². The molecule has 3 aromatic heterocycles. The maximum Gasteiger partial charge on any atom is 0.302 e. The number of fused-ring (bicyclic) bond motifs is 6. The Morgan fingerprint density at radius 3 is 2.62 bits per heavy atom. The van der Waals surface area contributed by atoms with Gasteiger partial charge in [0.1, 0.15) is 23.0 Å². The molecule has 1 unspecified atom stereocenters. The number of hydrogen-bond donors (Lipinski definition) is 4. The number of nitrogens with one attached hydrogen (secondary N) is 3. The molecule has 1 aliphatic heterocycles. The van der Waals surface area contributed by atoms with Crippen molar-refractivity contribution < 1.29 is 33.8 Å². The van der Waals surface area contributed by atoms with E-state index in [0.29, 0.717) is 57.5 Å². The normalized spacial score (nSPS) is 26.8. The molecule has 13 nitrogen and oxygen atoms in total. The van der Waals surface area contributed by atoms with Crippen molar-refractivity contribution in [1.82, 2.24) is 25.2 Å². The molecule has 4 N–H and O–H groups in total. The molecule has 7 rings (SSSR count). The van der Waals surface area contributed by atoms with E-state index in [1.807, 2.05) is 18.2 Å². The van der Waals surface area contributed by atoms with Crippen LogP contribution < -0.4 is 26.6 Å². The zero-order chi connectivity index (χ0) is 43.4. The van der Waals surface area contributed by atoms with E-state index in [-0.39, 0.29) is 46.8 Å². The molecule has 0 spiro atoms. The first-order chi connectivity index (χ1) is 29.3. The quantitative estimate of drug-likeness (QED) is 0.0491. The fourth-order valence-electron chi connectivity index (χ4n) is 9.09. The monoisotopic (exact) mass is 824 g/mol. The van der Waals surface area contributed by atoms with Gasteiger partial charge in [-0.2, -0.15) is 0 Å². The lowest BCUT2D eigenvalue weighted by Crippen LogP contribution is -2.41. The minimum atomic E-state index is -0.605. The van der Waals surface area contributed by atoms with Crippen LogP contribution in [-0.2, 0) is 19.1 Å². The summed E-state index contributed by atoms with van der Waals surface area (Å²) in [6.07, 6.45) is 18.3. The number of aromatic nitrogens is 3. The zero-order valence-corrected chi connectivity index (χ0v) is 35.3. The average molecular weight is 825 g/mol. The topological polar surface area (TPSA) is 173 Å². The van der Waals surface area contributed by atoms with Crippen LogP contribution in [0.2, 0.25) is 0 Å². The number of nitrogens with zero attached hydrogens (tertiary/aromatic N) is 3. The van der Waals surface area contributed by atoms with E-state index in [1.165, 1.54) is 19.3 Å². The third-order valence-corrected chi connectivity index (χ3v) is 11.9. The molecule has 0 radical (unpaired) electrons. The number of ketones is 1. The van der Waals surface area contributed by atoms with Gasteiger partial charge in [-0.3, -0.25) is 34.0 Å². The highest BCUT2D eigenvalue weighted by atomic mass is 16.5. The van der Waals surface area contributed by atoms with E-state index in [0.717, 1.165) is 18.4 Å². The Kier molecular flexibility index (Phi) is 12.8. The minimum absolute atomic E-state index is 0.0253. The number of aromatic hydroxyl groups is 1. The van der Waals surface area contributed by atoms with Crippen molar-refractivity contribution in [1.29, 1.82) is 0 Å². The van der Waals surface area contributed by atoms with Gasteiger partial charge in [0.15, 0.2) is 5.75 Å². The van der Waals surface area contributed by atoms with Gasteiger partial charge in [0.2, 0.25) is 5.78 Å². The first-order valence-corrected chi connectivity index (χ1v) is 20.8. The Morgan fingerprint density at radius 1 is 1.08 bits per heavy atom. The highest BCUT2D eigenvalue weighted by Crippen LogP contribution is 2.40. The molecule has 1 aromatic carbocycles. The van der Waals surface area contributed by atoms with E-state index in [9.17, 15) is 24.3 Å². The molecular formula is C48H52N6O7. The van der Waals surface area contributed by atoms with E-state index in [4.69, 9.17) is 14.5 Å². The summed E-state index contributed by atoms with van der Waals surface area (Å²) in [5, 5.41) is 16.3. The van der Waals surface area contributed by atoms with Crippen LogP contribution in [0.5, 0.6) is 5.75 Å². The molecule has 2 amide bonds. The van der Waals surface area contributed by atoms with E-state index in [1.54, 1.807) is 61.2 Å². The van der Waals surface area contributed by atoms with Gasteiger partial charge >= 0.3 is 5.97 Å². The Hall–Kier alpha value is -6.52. The average Bonchev–Trinajstić information content (AvgIpc) is 3.58. The molecule has 316 valence electrons. The SMILES string of the molecule is CO[C@H]1/C=C/CCC2=c3c4c(O)c(c5c3nc3cc(=CNNC(=O)c6ccncc6)ccn35)NC(=O)/C(C)=C\C=C\[C@H](C)C[C@@H](C)C[C@@H](C)[C@H](OC(C)=O)[C@@H]1CC2C#CC4=O. The Labute approximate surface area is 354 Å². The highest BCUT2D eigenvalue weighted by Gasteiger charge is 2.39. The first kappa shape index (κ1) is 42.6. The van der Waals surface area contributed by atoms with Crippen molar-refractivity contribution in [3.63, 3.8) is 0 Å². The van der Waals surface area contributed by atoms with Crippen LogP contribution in [0.15, 0.2) is 78.8 Å². The van der Waals surface area contributed by atoms with Gasteiger partial charge < -0.3 is 25.3 Å². The summed E-state index contributed by atoms with van der Waals surface area (Å²) < 4.78 is 14.1. The number of benzene rings is 1. The number of imidazole rings is 1. The summed E-state index contributed by atoms with van der Waals surface area (Å²) in [6.45, 7) is 9.57. The van der Waals surface area contributed by atoms with E-state index in [2.05, 4.69) is 59.8 Å². The number of carbonyl (C=O) groups excluding carboxylic acids is 4. The van der Waals surface area contributed by atoms with Gasteiger partial charge in [0.25, 0.3) is 11.8 Å². The number of ether oxygens (including phenoxy) is 2. The first-order valence-electron chi connectivity index (χ1n) is 20.8. The fraction of sp³-hybridized carbons (Fsp3) is 0.375. The molecule has 6 bridgehead atoms. The lowest BCUT2D eigenvalue weighted by atomic mass is 9.76. The van der Waals surface area contributed by atoms with Gasteiger partial charge in [-0.25, -0.2) is 4.98 Å². The second-order valence-electron chi connectivity index (χ2n) is 16.5. The molecule has 0 fully saturated rings.